The maximum Gasteiger partial charge on any atom is 0.413 e. The van der Waals surface area contributed by atoms with Gasteiger partial charge in [0.05, 0.1) is 21.7 Å². The number of nitrogens with zero attached hydrogens (tertiary/aromatic N) is 2. The average molecular weight is 313 g/mol. The number of imidazole rings is 1. The van der Waals surface area contributed by atoms with Crippen molar-refractivity contribution >= 4 is 32.9 Å². The topological polar surface area (TPSA) is 124 Å². The van der Waals surface area contributed by atoms with Gasteiger partial charge in [-0.05, 0) is 24.6 Å². The van der Waals surface area contributed by atoms with E-state index in [1.165, 1.54) is 25.2 Å². The standard InChI is InChI=1S/C12H15N3O5S/c1-15(12(17)18)11-13-9-4-3-8(7-10(9)14-11)21(19,20)6-2-5-16/h3-4,7,16H,2,5-6H2,1H3,(H,13,14)(H,17,18). The fraction of sp³-hybridized carbons (Fsp3) is 0.333. The summed E-state index contributed by atoms with van der Waals surface area (Å²) in [6, 6.07) is 4.34. The van der Waals surface area contributed by atoms with Crippen LogP contribution in [0.3, 0.4) is 0 Å². The van der Waals surface area contributed by atoms with E-state index in [-0.39, 0.29) is 29.6 Å². The summed E-state index contributed by atoms with van der Waals surface area (Å²) < 4.78 is 24.1. The van der Waals surface area contributed by atoms with E-state index in [0.717, 1.165) is 4.90 Å². The van der Waals surface area contributed by atoms with Gasteiger partial charge < -0.3 is 15.2 Å². The number of H-pyrrole nitrogens is 1. The molecule has 1 aromatic carbocycles. The van der Waals surface area contributed by atoms with E-state index in [2.05, 4.69) is 9.97 Å². The highest BCUT2D eigenvalue weighted by Gasteiger charge is 2.17. The van der Waals surface area contributed by atoms with Gasteiger partial charge in [0.15, 0.2) is 9.84 Å². The van der Waals surface area contributed by atoms with Crippen LogP contribution in [0, 0.1) is 0 Å². The molecule has 1 amide bonds. The maximum absolute atomic E-state index is 12.0. The second-order valence-corrected chi connectivity index (χ2v) is 6.59. The Morgan fingerprint density at radius 1 is 1.43 bits per heavy atom. The zero-order valence-electron chi connectivity index (χ0n) is 11.3. The van der Waals surface area contributed by atoms with E-state index in [0.29, 0.717) is 11.0 Å². The quantitative estimate of drug-likeness (QED) is 0.751. The second-order valence-electron chi connectivity index (χ2n) is 4.48. The van der Waals surface area contributed by atoms with Crippen LogP contribution in [0.2, 0.25) is 0 Å². The Hall–Kier alpha value is -2.13. The van der Waals surface area contributed by atoms with Gasteiger partial charge in [-0.3, -0.25) is 4.90 Å². The Kier molecular flexibility index (Phi) is 4.14. The van der Waals surface area contributed by atoms with Gasteiger partial charge in [-0.1, -0.05) is 0 Å². The van der Waals surface area contributed by atoms with Crippen molar-refractivity contribution in [2.75, 3.05) is 24.3 Å². The zero-order chi connectivity index (χ0) is 15.6. The lowest BCUT2D eigenvalue weighted by atomic mass is 10.3. The van der Waals surface area contributed by atoms with Crippen molar-refractivity contribution in [2.45, 2.75) is 11.3 Å². The van der Waals surface area contributed by atoms with Crippen LogP contribution in [-0.4, -0.2) is 54.1 Å². The molecule has 0 aliphatic carbocycles. The van der Waals surface area contributed by atoms with Gasteiger partial charge in [0.2, 0.25) is 5.95 Å². The minimum absolute atomic E-state index is 0.108. The number of sulfone groups is 1. The van der Waals surface area contributed by atoms with E-state index in [1.807, 2.05) is 0 Å². The molecule has 0 fully saturated rings. The first-order valence-corrected chi connectivity index (χ1v) is 7.80. The molecule has 2 rings (SSSR count). The zero-order valence-corrected chi connectivity index (χ0v) is 12.1. The first-order chi connectivity index (χ1) is 9.85. The third-order valence-corrected chi connectivity index (χ3v) is 4.77. The number of carboxylic acid groups (broad SMARTS) is 1. The molecule has 0 aliphatic heterocycles. The number of fused-ring (bicyclic) bond motifs is 1. The molecule has 0 spiro atoms. The van der Waals surface area contributed by atoms with Crippen LogP contribution in [0.1, 0.15) is 6.42 Å². The fourth-order valence-corrected chi connectivity index (χ4v) is 3.11. The van der Waals surface area contributed by atoms with Crippen molar-refractivity contribution in [1.29, 1.82) is 0 Å². The number of benzene rings is 1. The van der Waals surface area contributed by atoms with Gasteiger partial charge in [-0.25, -0.2) is 18.2 Å². The van der Waals surface area contributed by atoms with Crippen LogP contribution in [0.25, 0.3) is 11.0 Å². The van der Waals surface area contributed by atoms with Crippen LogP contribution >= 0.6 is 0 Å². The van der Waals surface area contributed by atoms with Gasteiger partial charge in [0.25, 0.3) is 0 Å². The molecule has 1 heterocycles. The van der Waals surface area contributed by atoms with E-state index in [9.17, 15) is 13.2 Å². The Balaban J connectivity index is 2.40. The van der Waals surface area contributed by atoms with E-state index < -0.39 is 15.9 Å². The molecule has 9 heteroatoms. The largest absolute Gasteiger partial charge is 0.465 e. The van der Waals surface area contributed by atoms with Gasteiger partial charge in [-0.15, -0.1) is 0 Å². The third kappa shape index (κ3) is 3.14. The molecule has 2 aromatic rings. The molecular weight excluding hydrogens is 298 g/mol. The van der Waals surface area contributed by atoms with Gasteiger partial charge in [0, 0.05) is 13.7 Å². The summed E-state index contributed by atoms with van der Waals surface area (Å²) in [5.74, 6) is -0.0344. The number of hydrogen-bond donors (Lipinski definition) is 3. The molecule has 8 nitrogen and oxygen atoms in total. The second kappa shape index (κ2) is 5.70. The number of rotatable bonds is 5. The number of nitrogens with one attached hydrogen (secondary N) is 1. The summed E-state index contributed by atoms with van der Waals surface area (Å²) >= 11 is 0. The van der Waals surface area contributed by atoms with Crippen LogP contribution in [0.5, 0.6) is 0 Å². The third-order valence-electron chi connectivity index (χ3n) is 2.98. The number of aromatic nitrogens is 2. The highest BCUT2D eigenvalue weighted by molar-refractivity contribution is 7.91. The van der Waals surface area contributed by atoms with E-state index >= 15 is 0 Å². The molecule has 0 atom stereocenters. The number of carbonyl (C=O) groups is 1. The first-order valence-electron chi connectivity index (χ1n) is 6.15. The van der Waals surface area contributed by atoms with Gasteiger partial charge in [0.1, 0.15) is 0 Å². The predicted molar refractivity (Wildman–Crippen MR) is 76.3 cm³/mol. The van der Waals surface area contributed by atoms with E-state index in [4.69, 9.17) is 10.2 Å². The van der Waals surface area contributed by atoms with Gasteiger partial charge in [-0.2, -0.15) is 0 Å². The summed E-state index contributed by atoms with van der Waals surface area (Å²) in [5.41, 5.74) is 0.905. The molecule has 3 N–H and O–H groups in total. The summed E-state index contributed by atoms with van der Waals surface area (Å²) in [5, 5.41) is 17.6. The van der Waals surface area contributed by atoms with Crippen LogP contribution in [-0.2, 0) is 9.84 Å². The molecule has 21 heavy (non-hydrogen) atoms. The average Bonchev–Trinajstić information content (AvgIpc) is 2.86. The lowest BCUT2D eigenvalue weighted by Crippen LogP contribution is -2.24. The molecule has 114 valence electrons. The van der Waals surface area contributed by atoms with E-state index in [1.54, 1.807) is 0 Å². The normalized spacial score (nSPS) is 11.7. The SMILES string of the molecule is CN(C(=O)O)c1nc2ccc(S(=O)(=O)CCCO)cc2[nH]1. The van der Waals surface area contributed by atoms with Crippen molar-refractivity contribution in [1.82, 2.24) is 9.97 Å². The molecule has 0 bridgehead atoms. The summed E-state index contributed by atoms with van der Waals surface area (Å²) in [4.78, 5) is 18.7. The monoisotopic (exact) mass is 313 g/mol. The van der Waals surface area contributed by atoms with Gasteiger partial charge >= 0.3 is 6.09 Å². The number of anilines is 1. The van der Waals surface area contributed by atoms with Crippen LogP contribution in [0.4, 0.5) is 10.7 Å². The van der Waals surface area contributed by atoms with Crippen molar-refractivity contribution in [2.24, 2.45) is 0 Å². The van der Waals surface area contributed by atoms with Crippen molar-refractivity contribution < 1.29 is 23.4 Å². The fourth-order valence-electron chi connectivity index (χ4n) is 1.79. The van der Waals surface area contributed by atoms with Crippen LogP contribution < -0.4 is 4.90 Å². The summed E-state index contributed by atoms with van der Waals surface area (Å²) in [6.45, 7) is -0.195. The Morgan fingerprint density at radius 2 is 2.14 bits per heavy atom. The Morgan fingerprint density at radius 3 is 2.76 bits per heavy atom. The number of amides is 1. The lowest BCUT2D eigenvalue weighted by Gasteiger charge is -2.07. The predicted octanol–water partition coefficient (Wildman–Crippen LogP) is 0.833. The molecule has 0 radical (unpaired) electrons. The molecule has 0 saturated carbocycles. The molecule has 1 aromatic heterocycles. The van der Waals surface area contributed by atoms with Crippen molar-refractivity contribution in [3.63, 3.8) is 0 Å². The molecule has 0 unspecified atom stereocenters. The van der Waals surface area contributed by atoms with Crippen molar-refractivity contribution in [3.8, 4) is 0 Å². The Labute approximate surface area is 121 Å². The number of aliphatic hydroxyl groups is 1. The number of aromatic amines is 1. The maximum atomic E-state index is 12.0. The molecular formula is C12H15N3O5S. The van der Waals surface area contributed by atoms with Crippen molar-refractivity contribution in [3.05, 3.63) is 18.2 Å². The minimum Gasteiger partial charge on any atom is -0.465 e. The molecule has 0 aliphatic rings. The molecule has 0 saturated heterocycles. The highest BCUT2D eigenvalue weighted by Crippen LogP contribution is 2.21. The summed E-state index contributed by atoms with van der Waals surface area (Å²) in [6.07, 6.45) is -1.01. The number of aliphatic hydroxyl groups excluding tert-OH is 1. The highest BCUT2D eigenvalue weighted by atomic mass is 32.2. The lowest BCUT2D eigenvalue weighted by molar-refractivity contribution is 0.203. The summed E-state index contributed by atoms with van der Waals surface area (Å²) in [7, 11) is -2.15. The number of hydrogen-bond acceptors (Lipinski definition) is 5. The first kappa shape index (κ1) is 15.3. The smallest absolute Gasteiger partial charge is 0.413 e. The van der Waals surface area contributed by atoms with Crippen LogP contribution in [0.15, 0.2) is 23.1 Å². The minimum atomic E-state index is -3.48. The Bertz CT molecular complexity index is 768.